The van der Waals surface area contributed by atoms with E-state index in [1.165, 1.54) is 12.1 Å². The van der Waals surface area contributed by atoms with Crippen LogP contribution in [-0.4, -0.2) is 17.0 Å². The predicted octanol–water partition coefficient (Wildman–Crippen LogP) is 4.34. The minimum absolute atomic E-state index is 0.0653. The molecule has 0 spiro atoms. The predicted molar refractivity (Wildman–Crippen MR) is 101 cm³/mol. The van der Waals surface area contributed by atoms with Crippen molar-refractivity contribution in [3.8, 4) is 16.3 Å². The number of nitrogens with one attached hydrogen (secondary N) is 1. The van der Waals surface area contributed by atoms with Crippen LogP contribution in [0.15, 0.2) is 54.6 Å². The molecule has 1 heterocycles. The molecule has 1 N–H and O–H groups in total. The van der Waals surface area contributed by atoms with E-state index < -0.39 is 11.9 Å². The summed E-state index contributed by atoms with van der Waals surface area (Å²) in [6, 6.07) is 15.9. The first-order valence-corrected chi connectivity index (χ1v) is 9.07. The van der Waals surface area contributed by atoms with E-state index in [0.29, 0.717) is 6.54 Å². The van der Waals surface area contributed by atoms with Crippen LogP contribution in [0.3, 0.4) is 0 Å². The number of carbonyl (C=O) groups is 1. The molecule has 3 aromatic rings. The number of para-hydroxylation sites is 1. The van der Waals surface area contributed by atoms with E-state index >= 15 is 0 Å². The largest absolute Gasteiger partial charge is 0.478 e. The molecule has 3 rings (SSSR count). The van der Waals surface area contributed by atoms with Crippen LogP contribution in [0.1, 0.15) is 17.5 Å². The number of nitrogens with zero attached hydrogens (tertiary/aromatic N) is 1. The van der Waals surface area contributed by atoms with Gasteiger partial charge in [0, 0.05) is 10.4 Å². The zero-order valence-corrected chi connectivity index (χ0v) is 15.3. The second kappa shape index (κ2) is 8.10. The molecular weight excluding hydrogens is 351 g/mol. The van der Waals surface area contributed by atoms with Crippen LogP contribution in [0, 0.1) is 12.7 Å². The Morgan fingerprint density at radius 2 is 1.88 bits per heavy atom. The van der Waals surface area contributed by atoms with Crippen molar-refractivity contribution < 1.29 is 13.9 Å². The maximum atomic E-state index is 13.6. The Balaban J connectivity index is 1.61. The number of halogens is 1. The highest BCUT2D eigenvalue weighted by atomic mass is 32.1. The van der Waals surface area contributed by atoms with E-state index in [9.17, 15) is 9.18 Å². The van der Waals surface area contributed by atoms with Crippen LogP contribution < -0.4 is 10.1 Å². The van der Waals surface area contributed by atoms with E-state index in [1.54, 1.807) is 30.4 Å². The first kappa shape index (κ1) is 18.1. The van der Waals surface area contributed by atoms with Gasteiger partial charge in [-0.3, -0.25) is 4.79 Å². The summed E-state index contributed by atoms with van der Waals surface area (Å²) in [4.78, 5) is 17.8. The van der Waals surface area contributed by atoms with Gasteiger partial charge in [-0.15, -0.1) is 11.3 Å². The number of ether oxygens (including phenoxy) is 1. The highest BCUT2D eigenvalue weighted by molar-refractivity contribution is 7.15. The lowest BCUT2D eigenvalue weighted by molar-refractivity contribution is -0.127. The second-order valence-corrected chi connectivity index (χ2v) is 6.89. The second-order valence-electron chi connectivity index (χ2n) is 5.80. The Hall–Kier alpha value is -2.73. The molecule has 1 aromatic heterocycles. The number of hydrogen-bond donors (Lipinski definition) is 1. The highest BCUT2D eigenvalue weighted by Crippen LogP contribution is 2.27. The number of aryl methyl sites for hydroxylation is 1. The number of amides is 1. The van der Waals surface area contributed by atoms with Gasteiger partial charge in [0.05, 0.1) is 12.2 Å². The molecular formula is C20H19FN2O2S. The normalized spacial score (nSPS) is 11.8. The molecule has 6 heteroatoms. The van der Waals surface area contributed by atoms with Gasteiger partial charge >= 0.3 is 0 Å². The maximum Gasteiger partial charge on any atom is 0.261 e. The SMILES string of the molecule is Cc1nc(-c2ccccc2)sc1CNC(=O)C(C)Oc1ccccc1F. The third-order valence-corrected chi connectivity index (χ3v) is 5.05. The zero-order chi connectivity index (χ0) is 18.5. The van der Waals surface area contributed by atoms with Gasteiger partial charge < -0.3 is 10.1 Å². The molecule has 0 bridgehead atoms. The Kier molecular flexibility index (Phi) is 5.63. The van der Waals surface area contributed by atoms with E-state index in [1.807, 2.05) is 37.3 Å². The summed E-state index contributed by atoms with van der Waals surface area (Å²) < 4.78 is 19.0. The molecule has 4 nitrogen and oxygen atoms in total. The fourth-order valence-corrected chi connectivity index (χ4v) is 3.40. The molecule has 0 aliphatic heterocycles. The van der Waals surface area contributed by atoms with E-state index in [0.717, 1.165) is 21.1 Å². The van der Waals surface area contributed by atoms with Gasteiger partial charge in [0.1, 0.15) is 5.01 Å². The van der Waals surface area contributed by atoms with Crippen molar-refractivity contribution in [2.45, 2.75) is 26.5 Å². The minimum atomic E-state index is -0.797. The third-order valence-electron chi connectivity index (χ3n) is 3.85. The number of carbonyl (C=O) groups excluding carboxylic acids is 1. The zero-order valence-electron chi connectivity index (χ0n) is 14.5. The van der Waals surface area contributed by atoms with Crippen LogP contribution in [0.5, 0.6) is 5.75 Å². The van der Waals surface area contributed by atoms with Gasteiger partial charge in [0.25, 0.3) is 5.91 Å². The summed E-state index contributed by atoms with van der Waals surface area (Å²) in [5.41, 5.74) is 1.94. The summed E-state index contributed by atoms with van der Waals surface area (Å²) in [6.45, 7) is 3.88. The molecule has 0 fully saturated rings. The van der Waals surface area contributed by atoms with Crippen LogP contribution in [0.25, 0.3) is 10.6 Å². The molecule has 26 heavy (non-hydrogen) atoms. The number of rotatable bonds is 6. The molecule has 2 aromatic carbocycles. The first-order chi connectivity index (χ1) is 12.5. The minimum Gasteiger partial charge on any atom is -0.478 e. The van der Waals surface area contributed by atoms with Crippen LogP contribution in [-0.2, 0) is 11.3 Å². The Morgan fingerprint density at radius 3 is 2.62 bits per heavy atom. The van der Waals surface area contributed by atoms with Crippen molar-refractivity contribution in [3.05, 3.63) is 71.0 Å². The molecule has 134 valence electrons. The Bertz CT molecular complexity index is 896. The molecule has 1 unspecified atom stereocenters. The topological polar surface area (TPSA) is 51.2 Å². The van der Waals surface area contributed by atoms with Crippen LogP contribution in [0.4, 0.5) is 4.39 Å². The molecule has 0 aliphatic carbocycles. The fourth-order valence-electron chi connectivity index (χ4n) is 2.39. The summed E-state index contributed by atoms with van der Waals surface area (Å²) in [6.07, 6.45) is -0.797. The summed E-state index contributed by atoms with van der Waals surface area (Å²) in [7, 11) is 0. The van der Waals surface area contributed by atoms with Crippen molar-refractivity contribution in [2.75, 3.05) is 0 Å². The lowest BCUT2D eigenvalue weighted by atomic mass is 10.2. The molecule has 1 atom stereocenters. The van der Waals surface area contributed by atoms with Crippen molar-refractivity contribution >= 4 is 17.2 Å². The Morgan fingerprint density at radius 1 is 1.19 bits per heavy atom. The number of thiazole rings is 1. The first-order valence-electron chi connectivity index (χ1n) is 8.25. The van der Waals surface area contributed by atoms with Crippen LogP contribution in [0.2, 0.25) is 0 Å². The van der Waals surface area contributed by atoms with Gasteiger partial charge in [-0.05, 0) is 26.0 Å². The van der Waals surface area contributed by atoms with Gasteiger partial charge in [0.2, 0.25) is 0 Å². The molecule has 0 aliphatic rings. The van der Waals surface area contributed by atoms with Crippen LogP contribution >= 0.6 is 11.3 Å². The average molecular weight is 370 g/mol. The number of benzene rings is 2. The van der Waals surface area contributed by atoms with Gasteiger partial charge in [-0.1, -0.05) is 42.5 Å². The van der Waals surface area contributed by atoms with Crippen molar-refractivity contribution in [1.29, 1.82) is 0 Å². The lowest BCUT2D eigenvalue weighted by Crippen LogP contribution is -2.36. The lowest BCUT2D eigenvalue weighted by Gasteiger charge is -2.14. The van der Waals surface area contributed by atoms with E-state index in [-0.39, 0.29) is 11.7 Å². The molecule has 1 amide bonds. The average Bonchev–Trinajstić information content (AvgIpc) is 3.03. The summed E-state index contributed by atoms with van der Waals surface area (Å²) in [5.74, 6) is -0.726. The summed E-state index contributed by atoms with van der Waals surface area (Å²) >= 11 is 1.55. The van der Waals surface area contributed by atoms with E-state index in [4.69, 9.17) is 4.74 Å². The van der Waals surface area contributed by atoms with Gasteiger partial charge in [-0.2, -0.15) is 0 Å². The maximum absolute atomic E-state index is 13.6. The standard InChI is InChI=1S/C20H19FN2O2S/c1-13-18(26-20(23-13)15-8-4-3-5-9-15)12-22-19(24)14(2)25-17-11-7-6-10-16(17)21/h3-11,14H,12H2,1-2H3,(H,22,24). The number of hydrogen-bond acceptors (Lipinski definition) is 4. The fraction of sp³-hybridized carbons (Fsp3) is 0.200. The molecule has 0 saturated heterocycles. The Labute approximate surface area is 155 Å². The molecule has 0 radical (unpaired) electrons. The highest BCUT2D eigenvalue weighted by Gasteiger charge is 2.17. The monoisotopic (exact) mass is 370 g/mol. The smallest absolute Gasteiger partial charge is 0.261 e. The quantitative estimate of drug-likeness (QED) is 0.702. The van der Waals surface area contributed by atoms with Crippen molar-refractivity contribution in [1.82, 2.24) is 10.3 Å². The summed E-state index contributed by atoms with van der Waals surface area (Å²) in [5, 5.41) is 3.75. The molecule has 0 saturated carbocycles. The number of aromatic nitrogens is 1. The van der Waals surface area contributed by atoms with Gasteiger partial charge in [-0.25, -0.2) is 9.37 Å². The van der Waals surface area contributed by atoms with E-state index in [2.05, 4.69) is 10.3 Å². The van der Waals surface area contributed by atoms with Gasteiger partial charge in [0.15, 0.2) is 17.7 Å². The van der Waals surface area contributed by atoms with Crippen molar-refractivity contribution in [3.63, 3.8) is 0 Å². The third kappa shape index (κ3) is 4.26. The van der Waals surface area contributed by atoms with Crippen molar-refractivity contribution in [2.24, 2.45) is 0 Å².